The molecule has 1 heterocycles. The topological polar surface area (TPSA) is 57.4 Å². The Bertz CT molecular complexity index is 540. The number of nitrogens with zero attached hydrogens (tertiary/aromatic N) is 1. The second-order valence-corrected chi connectivity index (χ2v) is 5.39. The molecule has 0 radical (unpaired) electrons. The number of aryl methyl sites for hydroxylation is 1. The highest BCUT2D eigenvalue weighted by Crippen LogP contribution is 2.21. The van der Waals surface area contributed by atoms with E-state index in [1.54, 1.807) is 18.4 Å². The van der Waals surface area contributed by atoms with Crippen LogP contribution in [0.4, 0.5) is 0 Å². The van der Waals surface area contributed by atoms with Crippen molar-refractivity contribution in [3.8, 4) is 5.75 Å². The Kier molecular flexibility index (Phi) is 4.90. The number of rotatable bonds is 6. The van der Waals surface area contributed by atoms with Crippen molar-refractivity contribution in [3.05, 3.63) is 45.4 Å². The lowest BCUT2D eigenvalue weighted by Gasteiger charge is -2.04. The molecule has 0 amide bonds. The predicted octanol–water partition coefficient (Wildman–Crippen LogP) is 2.64. The molecule has 2 rings (SSSR count). The molecule has 0 aliphatic heterocycles. The monoisotopic (exact) mass is 278 g/mol. The highest BCUT2D eigenvalue weighted by Gasteiger charge is 2.10. The van der Waals surface area contributed by atoms with Crippen molar-refractivity contribution in [3.63, 3.8) is 0 Å². The molecule has 0 fully saturated rings. The molecular formula is C14H18N2O2S. The maximum atomic E-state index is 5.73. The van der Waals surface area contributed by atoms with E-state index in [4.69, 9.17) is 15.2 Å². The summed E-state index contributed by atoms with van der Waals surface area (Å²) in [5, 5.41) is 0.925. The van der Waals surface area contributed by atoms with Gasteiger partial charge in [0.1, 0.15) is 17.4 Å². The minimum absolute atomic E-state index is 0.463. The third-order valence-corrected chi connectivity index (χ3v) is 3.73. The molecule has 1 aromatic carbocycles. The van der Waals surface area contributed by atoms with Crippen LogP contribution in [0.2, 0.25) is 0 Å². The smallest absolute Gasteiger partial charge is 0.140 e. The Morgan fingerprint density at radius 3 is 2.84 bits per heavy atom. The van der Waals surface area contributed by atoms with Gasteiger partial charge in [-0.15, -0.1) is 11.3 Å². The van der Waals surface area contributed by atoms with Crippen molar-refractivity contribution >= 4 is 11.3 Å². The van der Waals surface area contributed by atoms with Crippen LogP contribution in [0.3, 0.4) is 0 Å². The fourth-order valence-corrected chi connectivity index (χ4v) is 2.62. The van der Waals surface area contributed by atoms with E-state index in [2.05, 4.69) is 4.98 Å². The molecule has 0 bridgehead atoms. The molecule has 0 spiro atoms. The maximum Gasteiger partial charge on any atom is 0.140 e. The van der Waals surface area contributed by atoms with Gasteiger partial charge in [0.15, 0.2) is 0 Å². The molecule has 2 aromatic rings. The lowest BCUT2D eigenvalue weighted by molar-refractivity contribution is 0.181. The van der Waals surface area contributed by atoms with Crippen LogP contribution in [-0.4, -0.2) is 12.1 Å². The molecule has 5 heteroatoms. The number of nitrogens with two attached hydrogens (primary N) is 1. The van der Waals surface area contributed by atoms with E-state index in [1.165, 1.54) is 5.56 Å². The quantitative estimate of drug-likeness (QED) is 0.882. The van der Waals surface area contributed by atoms with E-state index in [0.29, 0.717) is 19.8 Å². The maximum absolute atomic E-state index is 5.73. The van der Waals surface area contributed by atoms with Crippen LogP contribution in [0.25, 0.3) is 0 Å². The van der Waals surface area contributed by atoms with Crippen molar-refractivity contribution in [1.29, 1.82) is 0 Å². The summed E-state index contributed by atoms with van der Waals surface area (Å²) < 4.78 is 10.8. The highest BCUT2D eigenvalue weighted by atomic mass is 32.1. The minimum atomic E-state index is 0.463. The second-order valence-electron chi connectivity index (χ2n) is 4.22. The highest BCUT2D eigenvalue weighted by molar-refractivity contribution is 7.11. The normalized spacial score (nSPS) is 10.7. The first kappa shape index (κ1) is 14.0. The van der Waals surface area contributed by atoms with Gasteiger partial charge < -0.3 is 15.2 Å². The summed E-state index contributed by atoms with van der Waals surface area (Å²) in [4.78, 5) is 5.56. The van der Waals surface area contributed by atoms with Crippen LogP contribution in [0.5, 0.6) is 5.75 Å². The zero-order valence-electron chi connectivity index (χ0n) is 11.2. The lowest BCUT2D eigenvalue weighted by atomic mass is 10.2. The summed E-state index contributed by atoms with van der Waals surface area (Å²) >= 11 is 1.58. The molecule has 0 aliphatic carbocycles. The van der Waals surface area contributed by atoms with E-state index in [-0.39, 0.29) is 0 Å². The molecule has 0 aliphatic rings. The minimum Gasteiger partial charge on any atom is -0.486 e. The number of benzene rings is 1. The molecule has 0 unspecified atom stereocenters. The lowest BCUT2D eigenvalue weighted by Crippen LogP contribution is -1.99. The van der Waals surface area contributed by atoms with Gasteiger partial charge in [-0.05, 0) is 24.6 Å². The van der Waals surface area contributed by atoms with Gasteiger partial charge in [0, 0.05) is 18.5 Å². The summed E-state index contributed by atoms with van der Waals surface area (Å²) in [5.74, 6) is 0.859. The third-order valence-electron chi connectivity index (χ3n) is 2.64. The largest absolute Gasteiger partial charge is 0.486 e. The Balaban J connectivity index is 2.03. The SMILES string of the molecule is COCc1nc(COc2cccc(C)c2)sc1CN. The van der Waals surface area contributed by atoms with E-state index in [0.717, 1.165) is 21.3 Å². The van der Waals surface area contributed by atoms with Gasteiger partial charge in [0.25, 0.3) is 0 Å². The first-order chi connectivity index (χ1) is 9.22. The molecule has 2 N–H and O–H groups in total. The van der Waals surface area contributed by atoms with E-state index in [9.17, 15) is 0 Å². The van der Waals surface area contributed by atoms with Crippen molar-refractivity contribution in [1.82, 2.24) is 4.98 Å². The molecule has 0 saturated heterocycles. The van der Waals surface area contributed by atoms with Crippen LogP contribution in [0, 0.1) is 6.92 Å². The molecule has 4 nitrogen and oxygen atoms in total. The van der Waals surface area contributed by atoms with E-state index in [1.807, 2.05) is 31.2 Å². The van der Waals surface area contributed by atoms with Crippen molar-refractivity contribution in [2.45, 2.75) is 26.7 Å². The van der Waals surface area contributed by atoms with Gasteiger partial charge in [-0.3, -0.25) is 0 Å². The molecule has 0 atom stereocenters. The average Bonchev–Trinajstić information content (AvgIpc) is 2.79. The van der Waals surface area contributed by atoms with Crippen molar-refractivity contribution in [2.75, 3.05) is 7.11 Å². The van der Waals surface area contributed by atoms with E-state index >= 15 is 0 Å². The van der Waals surface area contributed by atoms with Crippen LogP contribution in [-0.2, 0) is 24.5 Å². The average molecular weight is 278 g/mol. The first-order valence-corrected chi connectivity index (χ1v) is 6.90. The summed E-state index contributed by atoms with van der Waals surface area (Å²) in [5.41, 5.74) is 7.79. The number of aromatic nitrogens is 1. The van der Waals surface area contributed by atoms with Crippen molar-refractivity contribution < 1.29 is 9.47 Å². The number of hydrogen-bond donors (Lipinski definition) is 1. The van der Waals surface area contributed by atoms with Gasteiger partial charge in [0.2, 0.25) is 0 Å². The third kappa shape index (κ3) is 3.76. The van der Waals surface area contributed by atoms with Gasteiger partial charge in [-0.25, -0.2) is 4.98 Å². The summed E-state index contributed by atoms with van der Waals surface area (Å²) in [6.45, 7) is 3.48. The number of hydrogen-bond acceptors (Lipinski definition) is 5. The molecule has 102 valence electrons. The van der Waals surface area contributed by atoms with Gasteiger partial charge in [-0.2, -0.15) is 0 Å². The number of ether oxygens (including phenoxy) is 2. The molecule has 19 heavy (non-hydrogen) atoms. The van der Waals surface area contributed by atoms with E-state index < -0.39 is 0 Å². The fourth-order valence-electron chi connectivity index (χ4n) is 1.76. The van der Waals surface area contributed by atoms with Crippen LogP contribution in [0.15, 0.2) is 24.3 Å². The Morgan fingerprint density at radius 1 is 1.32 bits per heavy atom. The fraction of sp³-hybridized carbons (Fsp3) is 0.357. The number of thiazole rings is 1. The van der Waals surface area contributed by atoms with Crippen LogP contribution < -0.4 is 10.5 Å². The van der Waals surface area contributed by atoms with Gasteiger partial charge in [-0.1, -0.05) is 12.1 Å². The summed E-state index contributed by atoms with van der Waals surface area (Å²) in [6, 6.07) is 7.97. The zero-order chi connectivity index (χ0) is 13.7. The summed E-state index contributed by atoms with van der Waals surface area (Å²) in [6.07, 6.45) is 0. The number of methoxy groups -OCH3 is 1. The van der Waals surface area contributed by atoms with Gasteiger partial charge >= 0.3 is 0 Å². The molecular weight excluding hydrogens is 260 g/mol. The Hall–Kier alpha value is -1.43. The zero-order valence-corrected chi connectivity index (χ0v) is 12.0. The van der Waals surface area contributed by atoms with Crippen LogP contribution in [0.1, 0.15) is 21.1 Å². The molecule has 0 saturated carbocycles. The Labute approximate surface area is 117 Å². The Morgan fingerprint density at radius 2 is 2.16 bits per heavy atom. The van der Waals surface area contributed by atoms with Crippen LogP contribution >= 0.6 is 11.3 Å². The standard InChI is InChI=1S/C14H18N2O2S/c1-10-4-3-5-11(6-10)18-9-14-16-12(8-17-2)13(7-15)19-14/h3-6H,7-9,15H2,1-2H3. The molecule has 1 aromatic heterocycles. The van der Waals surface area contributed by atoms with Crippen molar-refractivity contribution in [2.24, 2.45) is 5.73 Å². The van der Waals surface area contributed by atoms with Gasteiger partial charge in [0.05, 0.1) is 12.3 Å². The first-order valence-electron chi connectivity index (χ1n) is 6.09. The predicted molar refractivity (Wildman–Crippen MR) is 76.2 cm³/mol. The summed E-state index contributed by atoms with van der Waals surface area (Å²) in [7, 11) is 1.66. The second kappa shape index (κ2) is 6.65.